The summed E-state index contributed by atoms with van der Waals surface area (Å²) in [5.74, 6) is 0.416. The van der Waals surface area contributed by atoms with E-state index in [-0.39, 0.29) is 6.10 Å². The van der Waals surface area contributed by atoms with Crippen molar-refractivity contribution in [3.63, 3.8) is 0 Å². The molecule has 122 valence electrons. The van der Waals surface area contributed by atoms with Gasteiger partial charge >= 0.3 is 0 Å². The number of para-hydroxylation sites is 1. The van der Waals surface area contributed by atoms with Crippen molar-refractivity contribution in [1.29, 1.82) is 0 Å². The quantitative estimate of drug-likeness (QED) is 0.947. The number of likely N-dealkylation sites (tertiary alicyclic amines) is 1. The van der Waals surface area contributed by atoms with E-state index in [1.165, 1.54) is 23.4 Å². The maximum atomic E-state index is 10.1. The minimum atomic E-state index is -0.201. The Morgan fingerprint density at radius 2 is 2.04 bits per heavy atom. The zero-order valence-electron chi connectivity index (χ0n) is 13.8. The number of aliphatic hydroxyl groups excluding tert-OH is 1. The molecule has 1 aliphatic heterocycles. The summed E-state index contributed by atoms with van der Waals surface area (Å²) in [5, 5.41) is 15.1. The summed E-state index contributed by atoms with van der Waals surface area (Å²) >= 11 is 0. The highest BCUT2D eigenvalue weighted by Crippen LogP contribution is 2.29. The molecular weight excluding hydrogens is 286 g/mol. The lowest BCUT2D eigenvalue weighted by molar-refractivity contribution is 0.0253. The first-order chi connectivity index (χ1) is 11.2. The SMILES string of the molecule is CC1CCN(Cc2nn(-c3ccccc3)c3c2CCC3)CC1O. The van der Waals surface area contributed by atoms with Gasteiger partial charge in [-0.1, -0.05) is 25.1 Å². The Labute approximate surface area is 137 Å². The summed E-state index contributed by atoms with van der Waals surface area (Å²) in [6, 6.07) is 10.4. The van der Waals surface area contributed by atoms with Crippen LogP contribution in [0.5, 0.6) is 0 Å². The van der Waals surface area contributed by atoms with Crippen LogP contribution in [-0.4, -0.2) is 39.0 Å². The van der Waals surface area contributed by atoms with Gasteiger partial charge in [-0.3, -0.25) is 4.90 Å². The standard InChI is InChI=1S/C19H25N3O/c1-14-10-11-21(13-19(14)23)12-17-16-8-5-9-18(16)22(20-17)15-6-3-2-4-7-15/h2-4,6-7,14,19,23H,5,8-13H2,1H3. The normalized spacial score (nSPS) is 24.8. The molecule has 1 N–H and O–H groups in total. The summed E-state index contributed by atoms with van der Waals surface area (Å²) in [6.07, 6.45) is 4.37. The maximum absolute atomic E-state index is 10.1. The van der Waals surface area contributed by atoms with Gasteiger partial charge in [0.05, 0.1) is 17.5 Å². The highest BCUT2D eigenvalue weighted by Gasteiger charge is 2.28. The minimum absolute atomic E-state index is 0.201. The molecule has 0 spiro atoms. The molecule has 4 rings (SSSR count). The number of hydrogen-bond donors (Lipinski definition) is 1. The van der Waals surface area contributed by atoms with Crippen LogP contribution in [-0.2, 0) is 19.4 Å². The van der Waals surface area contributed by atoms with Gasteiger partial charge in [-0.2, -0.15) is 5.10 Å². The van der Waals surface area contributed by atoms with Gasteiger partial charge in [-0.05, 0) is 55.8 Å². The molecule has 1 fully saturated rings. The molecule has 1 saturated heterocycles. The fraction of sp³-hybridized carbons (Fsp3) is 0.526. The third-order valence-corrected chi connectivity index (χ3v) is 5.39. The van der Waals surface area contributed by atoms with Crippen LogP contribution in [0.1, 0.15) is 36.7 Å². The van der Waals surface area contributed by atoms with Gasteiger partial charge in [-0.25, -0.2) is 4.68 Å². The zero-order chi connectivity index (χ0) is 15.8. The molecule has 23 heavy (non-hydrogen) atoms. The Morgan fingerprint density at radius 3 is 2.83 bits per heavy atom. The van der Waals surface area contributed by atoms with Gasteiger partial charge in [-0.15, -0.1) is 0 Å². The molecule has 2 atom stereocenters. The summed E-state index contributed by atoms with van der Waals surface area (Å²) in [5.41, 5.74) is 5.20. The van der Waals surface area contributed by atoms with E-state index in [2.05, 4.69) is 40.8 Å². The van der Waals surface area contributed by atoms with Crippen molar-refractivity contribution >= 4 is 0 Å². The van der Waals surface area contributed by atoms with E-state index in [0.29, 0.717) is 5.92 Å². The molecule has 4 heteroatoms. The molecule has 1 aliphatic carbocycles. The maximum Gasteiger partial charge on any atom is 0.0804 e. The van der Waals surface area contributed by atoms with Crippen LogP contribution in [0.3, 0.4) is 0 Å². The lowest BCUT2D eigenvalue weighted by atomic mass is 9.96. The molecule has 2 unspecified atom stereocenters. The largest absolute Gasteiger partial charge is 0.392 e. The fourth-order valence-electron chi connectivity index (χ4n) is 3.89. The van der Waals surface area contributed by atoms with Gasteiger partial charge in [0.2, 0.25) is 0 Å². The number of aromatic nitrogens is 2. The molecule has 2 heterocycles. The van der Waals surface area contributed by atoms with E-state index in [0.717, 1.165) is 44.6 Å². The number of β-amino-alcohol motifs (C(OH)–C–C–N with tert-alkyl or cyclic N) is 1. The van der Waals surface area contributed by atoms with Gasteiger partial charge in [0, 0.05) is 18.8 Å². The summed E-state index contributed by atoms with van der Waals surface area (Å²) < 4.78 is 2.14. The Morgan fingerprint density at radius 1 is 1.22 bits per heavy atom. The van der Waals surface area contributed by atoms with Crippen LogP contribution >= 0.6 is 0 Å². The second-order valence-electron chi connectivity index (χ2n) is 7.04. The van der Waals surface area contributed by atoms with Crippen molar-refractivity contribution in [2.45, 2.75) is 45.3 Å². The predicted molar refractivity (Wildman–Crippen MR) is 90.7 cm³/mol. The Bertz CT molecular complexity index is 679. The number of benzene rings is 1. The Hall–Kier alpha value is -1.65. The number of nitrogens with zero attached hydrogens (tertiary/aromatic N) is 3. The van der Waals surface area contributed by atoms with Crippen LogP contribution in [0.4, 0.5) is 0 Å². The average Bonchev–Trinajstić information content (AvgIpc) is 3.16. The van der Waals surface area contributed by atoms with Gasteiger partial charge in [0.25, 0.3) is 0 Å². The summed E-state index contributed by atoms with van der Waals surface area (Å²) in [6.45, 7) is 4.84. The number of aliphatic hydroxyl groups is 1. The van der Waals surface area contributed by atoms with Crippen molar-refractivity contribution in [3.05, 3.63) is 47.3 Å². The van der Waals surface area contributed by atoms with Crippen molar-refractivity contribution in [1.82, 2.24) is 14.7 Å². The van der Waals surface area contributed by atoms with Gasteiger partial charge in [0.1, 0.15) is 0 Å². The smallest absolute Gasteiger partial charge is 0.0804 e. The summed E-state index contributed by atoms with van der Waals surface area (Å²) in [7, 11) is 0. The monoisotopic (exact) mass is 311 g/mol. The first-order valence-electron chi connectivity index (χ1n) is 8.78. The molecule has 2 aromatic rings. The van der Waals surface area contributed by atoms with Crippen LogP contribution in [0.15, 0.2) is 30.3 Å². The van der Waals surface area contributed by atoms with E-state index in [1.54, 1.807) is 0 Å². The number of piperidine rings is 1. The second-order valence-corrected chi connectivity index (χ2v) is 7.04. The summed E-state index contributed by atoms with van der Waals surface area (Å²) in [4.78, 5) is 2.36. The molecule has 0 bridgehead atoms. The third-order valence-electron chi connectivity index (χ3n) is 5.39. The van der Waals surface area contributed by atoms with Gasteiger partial charge in [0.15, 0.2) is 0 Å². The van der Waals surface area contributed by atoms with E-state index in [1.807, 2.05) is 6.07 Å². The van der Waals surface area contributed by atoms with Crippen LogP contribution in [0, 0.1) is 5.92 Å². The first kappa shape index (κ1) is 14.9. The molecule has 0 amide bonds. The van der Waals surface area contributed by atoms with Crippen molar-refractivity contribution < 1.29 is 5.11 Å². The first-order valence-corrected chi connectivity index (χ1v) is 8.78. The highest BCUT2D eigenvalue weighted by atomic mass is 16.3. The Balaban J connectivity index is 1.60. The topological polar surface area (TPSA) is 41.3 Å². The lowest BCUT2D eigenvalue weighted by Crippen LogP contribution is -2.42. The number of rotatable bonds is 3. The van der Waals surface area contributed by atoms with Crippen molar-refractivity contribution in [3.8, 4) is 5.69 Å². The zero-order valence-corrected chi connectivity index (χ0v) is 13.8. The second kappa shape index (κ2) is 6.10. The molecule has 1 aromatic carbocycles. The average molecular weight is 311 g/mol. The Kier molecular flexibility index (Phi) is 3.95. The van der Waals surface area contributed by atoms with Crippen LogP contribution < -0.4 is 0 Å². The van der Waals surface area contributed by atoms with E-state index in [9.17, 15) is 5.11 Å². The predicted octanol–water partition coefficient (Wildman–Crippen LogP) is 2.56. The van der Waals surface area contributed by atoms with Gasteiger partial charge < -0.3 is 5.11 Å². The molecule has 2 aliphatic rings. The molecule has 1 aromatic heterocycles. The number of hydrogen-bond acceptors (Lipinski definition) is 3. The van der Waals surface area contributed by atoms with Crippen molar-refractivity contribution in [2.75, 3.05) is 13.1 Å². The van der Waals surface area contributed by atoms with E-state index >= 15 is 0 Å². The molecule has 4 nitrogen and oxygen atoms in total. The number of fused-ring (bicyclic) bond motifs is 1. The lowest BCUT2D eigenvalue weighted by Gasteiger charge is -2.33. The molecule has 0 radical (unpaired) electrons. The van der Waals surface area contributed by atoms with E-state index in [4.69, 9.17) is 5.10 Å². The van der Waals surface area contributed by atoms with Crippen molar-refractivity contribution in [2.24, 2.45) is 5.92 Å². The van der Waals surface area contributed by atoms with Crippen LogP contribution in [0.25, 0.3) is 5.69 Å². The highest BCUT2D eigenvalue weighted by molar-refractivity contribution is 5.39. The molecule has 0 saturated carbocycles. The van der Waals surface area contributed by atoms with E-state index < -0.39 is 0 Å². The molecular formula is C19H25N3O. The van der Waals surface area contributed by atoms with Crippen LogP contribution in [0.2, 0.25) is 0 Å². The minimum Gasteiger partial charge on any atom is -0.392 e. The third kappa shape index (κ3) is 2.81. The fourth-order valence-corrected chi connectivity index (χ4v) is 3.89.